The molecule has 0 unspecified atom stereocenters. The molecular weight excluding hydrogens is 276 g/mol. The van der Waals surface area contributed by atoms with Crippen LogP contribution in [0.4, 0.5) is 16.2 Å². The fourth-order valence-corrected chi connectivity index (χ4v) is 2.45. The molecular formula is C13H16N4O4. The van der Waals surface area contributed by atoms with E-state index in [2.05, 4.69) is 0 Å². The van der Waals surface area contributed by atoms with Crippen molar-refractivity contribution in [2.45, 2.75) is 12.5 Å². The molecule has 1 atom stereocenters. The number of rotatable bonds is 2. The van der Waals surface area contributed by atoms with E-state index < -0.39 is 18.1 Å². The number of likely N-dealkylation sites (N-methyl/N-ethyl adjacent to an activating group) is 1. The van der Waals surface area contributed by atoms with E-state index in [4.69, 9.17) is 10.5 Å². The minimum absolute atomic E-state index is 0. The van der Waals surface area contributed by atoms with E-state index in [1.807, 2.05) is 0 Å². The van der Waals surface area contributed by atoms with Gasteiger partial charge in [-0.15, -0.1) is 0 Å². The maximum Gasteiger partial charge on any atom is 0.415 e. The normalized spacial score (nSPS) is 20.1. The monoisotopic (exact) mass is 292 g/mol. The van der Waals surface area contributed by atoms with E-state index in [-0.39, 0.29) is 18.6 Å². The number of cyclic esters (lactones) is 1. The number of hydrogen-bond donors (Lipinski definition) is 2. The van der Waals surface area contributed by atoms with Gasteiger partial charge < -0.3 is 21.5 Å². The summed E-state index contributed by atoms with van der Waals surface area (Å²) in [5.74, 6) is -0.659. The molecule has 0 spiro atoms. The number of carbonyl (C=O) groups is 3. The highest BCUT2D eigenvalue weighted by molar-refractivity contribution is 6.02. The lowest BCUT2D eigenvalue weighted by Crippen LogP contribution is -2.32. The molecule has 1 aromatic carbocycles. The Morgan fingerprint density at radius 3 is 2.71 bits per heavy atom. The molecule has 8 nitrogen and oxygen atoms in total. The van der Waals surface area contributed by atoms with E-state index in [1.54, 1.807) is 30.1 Å². The summed E-state index contributed by atoms with van der Waals surface area (Å²) in [6.45, 7) is 0.0940. The van der Waals surface area contributed by atoms with Crippen molar-refractivity contribution in [3.8, 4) is 0 Å². The van der Waals surface area contributed by atoms with Crippen LogP contribution in [0, 0.1) is 0 Å². The molecule has 1 saturated heterocycles. The van der Waals surface area contributed by atoms with Gasteiger partial charge in [0.05, 0.1) is 13.0 Å². The van der Waals surface area contributed by atoms with Crippen LogP contribution >= 0.6 is 0 Å². The van der Waals surface area contributed by atoms with Gasteiger partial charge in [-0.1, -0.05) is 0 Å². The van der Waals surface area contributed by atoms with Crippen molar-refractivity contribution in [3.63, 3.8) is 0 Å². The van der Waals surface area contributed by atoms with Crippen molar-refractivity contribution in [2.24, 2.45) is 5.73 Å². The zero-order valence-corrected chi connectivity index (χ0v) is 11.5. The van der Waals surface area contributed by atoms with Crippen molar-refractivity contribution < 1.29 is 19.1 Å². The maximum atomic E-state index is 11.7. The number of anilines is 2. The van der Waals surface area contributed by atoms with Gasteiger partial charge >= 0.3 is 6.09 Å². The van der Waals surface area contributed by atoms with Gasteiger partial charge in [0.1, 0.15) is 0 Å². The standard InChI is InChI=1S/C13H13N3O4.H3N/c1-15-9-3-2-8(4-7(9)5-11(15)17)16-6-10(12(14)18)20-13(16)19;/h2-4,10H,5-6H2,1H3,(H2,14,18);1H3/t10-;/m1./s1. The van der Waals surface area contributed by atoms with Crippen LogP contribution in [0.3, 0.4) is 0 Å². The number of ether oxygens (including phenoxy) is 1. The summed E-state index contributed by atoms with van der Waals surface area (Å²) in [4.78, 5) is 37.4. The molecule has 3 amide bonds. The summed E-state index contributed by atoms with van der Waals surface area (Å²) in [7, 11) is 1.71. The van der Waals surface area contributed by atoms with Crippen molar-refractivity contribution in [1.82, 2.24) is 6.15 Å². The second kappa shape index (κ2) is 5.06. The Bertz CT molecular complexity index is 631. The molecule has 0 saturated carbocycles. The Balaban J connectivity index is 0.00000161. The lowest BCUT2D eigenvalue weighted by Gasteiger charge is -2.15. The van der Waals surface area contributed by atoms with Gasteiger partial charge in [0.2, 0.25) is 5.91 Å². The predicted molar refractivity (Wildman–Crippen MR) is 75.4 cm³/mol. The van der Waals surface area contributed by atoms with Gasteiger partial charge in [0.25, 0.3) is 5.91 Å². The smallest absolute Gasteiger partial charge is 0.415 e. The first-order valence-corrected chi connectivity index (χ1v) is 6.14. The topological polar surface area (TPSA) is 128 Å². The van der Waals surface area contributed by atoms with Crippen LogP contribution in [-0.2, 0) is 20.7 Å². The number of amides is 3. The first-order valence-electron chi connectivity index (χ1n) is 6.14. The Morgan fingerprint density at radius 2 is 2.10 bits per heavy atom. The van der Waals surface area contributed by atoms with E-state index in [0.29, 0.717) is 12.1 Å². The summed E-state index contributed by atoms with van der Waals surface area (Å²) < 4.78 is 4.89. The molecule has 2 aliphatic heterocycles. The largest absolute Gasteiger partial charge is 0.434 e. The summed E-state index contributed by atoms with van der Waals surface area (Å²) in [6, 6.07) is 5.26. The molecule has 1 aromatic rings. The second-order valence-electron chi connectivity index (χ2n) is 4.83. The third kappa shape index (κ3) is 2.29. The van der Waals surface area contributed by atoms with Crippen LogP contribution < -0.4 is 21.7 Å². The molecule has 8 heteroatoms. The number of benzene rings is 1. The van der Waals surface area contributed by atoms with Crippen molar-refractivity contribution in [1.29, 1.82) is 0 Å². The van der Waals surface area contributed by atoms with Gasteiger partial charge in [-0.2, -0.15) is 0 Å². The van der Waals surface area contributed by atoms with Gasteiger partial charge in [0.15, 0.2) is 6.10 Å². The zero-order valence-electron chi connectivity index (χ0n) is 11.5. The summed E-state index contributed by atoms with van der Waals surface area (Å²) in [5, 5.41) is 0. The third-order valence-electron chi connectivity index (χ3n) is 3.58. The summed E-state index contributed by atoms with van der Waals surface area (Å²) in [6.07, 6.45) is -1.23. The molecule has 1 fully saturated rings. The molecule has 3 rings (SSSR count). The van der Waals surface area contributed by atoms with Gasteiger partial charge in [-0.25, -0.2) is 4.79 Å². The minimum atomic E-state index is -0.930. The van der Waals surface area contributed by atoms with E-state index >= 15 is 0 Å². The summed E-state index contributed by atoms with van der Waals surface area (Å²) in [5.41, 5.74) is 7.41. The molecule has 0 aromatic heterocycles. The SMILES string of the molecule is CN1C(=O)Cc2cc(N3C[C@H](C(N)=O)OC3=O)ccc21.N. The van der Waals surface area contributed by atoms with Crippen LogP contribution in [0.1, 0.15) is 5.56 Å². The number of nitrogens with zero attached hydrogens (tertiary/aromatic N) is 2. The second-order valence-corrected chi connectivity index (χ2v) is 4.83. The molecule has 2 aliphatic rings. The number of nitrogens with two attached hydrogens (primary N) is 1. The average molecular weight is 292 g/mol. The number of carbonyl (C=O) groups excluding carboxylic acids is 3. The summed E-state index contributed by atoms with van der Waals surface area (Å²) >= 11 is 0. The van der Waals surface area contributed by atoms with Crippen molar-refractivity contribution >= 4 is 29.3 Å². The van der Waals surface area contributed by atoms with Crippen molar-refractivity contribution in [3.05, 3.63) is 23.8 Å². The predicted octanol–water partition coefficient (Wildman–Crippen LogP) is 0.178. The number of primary amides is 1. The maximum absolute atomic E-state index is 11.7. The molecule has 5 N–H and O–H groups in total. The Hall–Kier alpha value is -2.61. The van der Waals surface area contributed by atoms with Crippen LogP contribution in [0.25, 0.3) is 0 Å². The van der Waals surface area contributed by atoms with Crippen LogP contribution in [0.5, 0.6) is 0 Å². The Morgan fingerprint density at radius 1 is 1.38 bits per heavy atom. The van der Waals surface area contributed by atoms with Crippen LogP contribution in [0.15, 0.2) is 18.2 Å². The highest BCUT2D eigenvalue weighted by Gasteiger charge is 2.36. The number of hydrogen-bond acceptors (Lipinski definition) is 5. The lowest BCUT2D eigenvalue weighted by atomic mass is 10.1. The molecule has 2 heterocycles. The highest BCUT2D eigenvalue weighted by atomic mass is 16.6. The zero-order chi connectivity index (χ0) is 14.4. The minimum Gasteiger partial charge on any atom is -0.434 e. The van der Waals surface area contributed by atoms with Gasteiger partial charge in [-0.3, -0.25) is 14.5 Å². The quantitative estimate of drug-likeness (QED) is 0.803. The lowest BCUT2D eigenvalue weighted by molar-refractivity contribution is -0.124. The van der Waals surface area contributed by atoms with Gasteiger partial charge in [0, 0.05) is 18.4 Å². The highest BCUT2D eigenvalue weighted by Crippen LogP contribution is 2.32. The Labute approximate surface area is 121 Å². The molecule has 21 heavy (non-hydrogen) atoms. The average Bonchev–Trinajstić information content (AvgIpc) is 2.91. The first kappa shape index (κ1) is 14.8. The van der Waals surface area contributed by atoms with Gasteiger partial charge in [-0.05, 0) is 23.8 Å². The van der Waals surface area contributed by atoms with Crippen LogP contribution in [0.2, 0.25) is 0 Å². The third-order valence-corrected chi connectivity index (χ3v) is 3.58. The molecule has 0 radical (unpaired) electrons. The van der Waals surface area contributed by atoms with E-state index in [1.165, 1.54) is 4.90 Å². The molecule has 0 bridgehead atoms. The molecule has 112 valence electrons. The first-order chi connectivity index (χ1) is 9.47. The number of fused-ring (bicyclic) bond motifs is 1. The fourth-order valence-electron chi connectivity index (χ4n) is 2.45. The Kier molecular flexibility index (Phi) is 3.56. The van der Waals surface area contributed by atoms with Crippen molar-refractivity contribution in [2.75, 3.05) is 23.4 Å². The fraction of sp³-hybridized carbons (Fsp3) is 0.308. The molecule has 0 aliphatic carbocycles. The van der Waals surface area contributed by atoms with Crippen LogP contribution in [-0.4, -0.2) is 37.6 Å². The van der Waals surface area contributed by atoms with E-state index in [0.717, 1.165) is 11.3 Å². The van der Waals surface area contributed by atoms with E-state index in [9.17, 15) is 14.4 Å².